The van der Waals surface area contributed by atoms with E-state index in [4.69, 9.17) is 4.74 Å². The number of sulfone groups is 1. The zero-order valence-electron chi connectivity index (χ0n) is 12.9. The molecule has 1 aromatic heterocycles. The number of aromatic nitrogens is 3. The van der Waals surface area contributed by atoms with E-state index in [9.17, 15) is 8.42 Å². The van der Waals surface area contributed by atoms with Crippen molar-refractivity contribution in [1.29, 1.82) is 0 Å². The molecule has 7 nitrogen and oxygen atoms in total. The van der Waals surface area contributed by atoms with Crippen LogP contribution < -0.4 is 10.1 Å². The topological polar surface area (TPSA) is 97.0 Å². The van der Waals surface area contributed by atoms with Gasteiger partial charge in [-0.25, -0.2) is 8.42 Å². The van der Waals surface area contributed by atoms with E-state index in [1.54, 1.807) is 0 Å². The van der Waals surface area contributed by atoms with Crippen molar-refractivity contribution >= 4 is 15.8 Å². The van der Waals surface area contributed by atoms with Gasteiger partial charge in [-0.05, 0) is 25.0 Å². The number of aryl methyl sites for hydroxylation is 1. The first kappa shape index (κ1) is 15.8. The van der Waals surface area contributed by atoms with E-state index in [1.807, 2.05) is 31.2 Å². The Morgan fingerprint density at radius 3 is 2.96 bits per heavy atom. The van der Waals surface area contributed by atoms with E-state index < -0.39 is 9.84 Å². The molecule has 1 atom stereocenters. The fourth-order valence-corrected chi connectivity index (χ4v) is 4.34. The van der Waals surface area contributed by atoms with Crippen molar-refractivity contribution in [1.82, 2.24) is 15.2 Å². The summed E-state index contributed by atoms with van der Waals surface area (Å²) in [6.45, 7) is 3.06. The second kappa shape index (κ2) is 6.57. The lowest BCUT2D eigenvalue weighted by molar-refractivity contribution is 0.330. The lowest BCUT2D eigenvalue weighted by Gasteiger charge is -2.08. The van der Waals surface area contributed by atoms with Gasteiger partial charge in [0.25, 0.3) is 0 Å². The third-order valence-corrected chi connectivity index (χ3v) is 5.63. The van der Waals surface area contributed by atoms with Gasteiger partial charge in [0.15, 0.2) is 9.84 Å². The minimum absolute atomic E-state index is 0.0775. The quantitative estimate of drug-likeness (QED) is 0.776. The molecule has 124 valence electrons. The summed E-state index contributed by atoms with van der Waals surface area (Å²) in [5.74, 6) is 2.27. The molecule has 3 rings (SSSR count). The maximum Gasteiger partial charge on any atom is 0.242 e. The van der Waals surface area contributed by atoms with Gasteiger partial charge >= 0.3 is 0 Å². The molecule has 0 spiro atoms. The second-order valence-electron chi connectivity index (χ2n) is 5.68. The van der Waals surface area contributed by atoms with Crippen LogP contribution in [0.25, 0.3) is 0 Å². The molecular weight excluding hydrogens is 316 g/mol. The highest BCUT2D eigenvalue weighted by atomic mass is 32.2. The largest absolute Gasteiger partial charge is 0.491 e. The van der Waals surface area contributed by atoms with Crippen molar-refractivity contribution in [3.8, 4) is 5.75 Å². The molecule has 2 heterocycles. The highest BCUT2D eigenvalue weighted by Gasteiger charge is 2.31. The Morgan fingerprint density at radius 2 is 2.22 bits per heavy atom. The SMILES string of the molecule is Cc1ccccc1OCCNc1n[nH]c(C2CCS(=O)(=O)C2)n1. The number of ether oxygens (including phenoxy) is 1. The zero-order chi connectivity index (χ0) is 16.3. The molecule has 2 aromatic rings. The van der Waals surface area contributed by atoms with E-state index >= 15 is 0 Å². The first-order chi connectivity index (χ1) is 11.0. The van der Waals surface area contributed by atoms with Crippen LogP contribution in [0.4, 0.5) is 5.95 Å². The Hall–Kier alpha value is -2.09. The van der Waals surface area contributed by atoms with Crippen molar-refractivity contribution in [2.75, 3.05) is 30.0 Å². The van der Waals surface area contributed by atoms with Crippen molar-refractivity contribution in [2.45, 2.75) is 19.3 Å². The first-order valence-electron chi connectivity index (χ1n) is 7.58. The van der Waals surface area contributed by atoms with Crippen LogP contribution in [0.3, 0.4) is 0 Å². The Balaban J connectivity index is 1.47. The van der Waals surface area contributed by atoms with E-state index in [0.29, 0.717) is 31.3 Å². The van der Waals surface area contributed by atoms with Crippen LogP contribution in [0, 0.1) is 6.92 Å². The lowest BCUT2D eigenvalue weighted by atomic mass is 10.1. The van der Waals surface area contributed by atoms with E-state index in [-0.39, 0.29) is 17.4 Å². The van der Waals surface area contributed by atoms with Crippen LogP contribution in [0.1, 0.15) is 23.7 Å². The van der Waals surface area contributed by atoms with Crippen molar-refractivity contribution in [3.05, 3.63) is 35.7 Å². The third-order valence-electron chi connectivity index (χ3n) is 3.86. The summed E-state index contributed by atoms with van der Waals surface area (Å²) in [5.41, 5.74) is 1.09. The Morgan fingerprint density at radius 1 is 1.39 bits per heavy atom. The molecule has 23 heavy (non-hydrogen) atoms. The van der Waals surface area contributed by atoms with Gasteiger partial charge in [-0.15, -0.1) is 5.10 Å². The summed E-state index contributed by atoms with van der Waals surface area (Å²) in [6, 6.07) is 7.84. The van der Waals surface area contributed by atoms with Crippen LogP contribution >= 0.6 is 0 Å². The highest BCUT2D eigenvalue weighted by Crippen LogP contribution is 2.26. The minimum Gasteiger partial charge on any atom is -0.491 e. The van der Waals surface area contributed by atoms with Crippen LogP contribution in [-0.4, -0.2) is 48.3 Å². The molecule has 0 radical (unpaired) electrons. The average molecular weight is 336 g/mol. The van der Waals surface area contributed by atoms with Gasteiger partial charge in [-0.3, -0.25) is 5.10 Å². The number of nitrogens with zero attached hydrogens (tertiary/aromatic N) is 2. The lowest BCUT2D eigenvalue weighted by Crippen LogP contribution is -2.12. The molecule has 1 fully saturated rings. The summed E-state index contributed by atoms with van der Waals surface area (Å²) in [6.07, 6.45) is 0.605. The number of anilines is 1. The minimum atomic E-state index is -2.92. The standard InChI is InChI=1S/C15H20N4O3S/c1-11-4-2-3-5-13(11)22-8-7-16-15-17-14(18-19-15)12-6-9-23(20,21)10-12/h2-5,12H,6-10H2,1H3,(H2,16,17,18,19). The van der Waals surface area contributed by atoms with Gasteiger partial charge in [-0.2, -0.15) is 4.98 Å². The van der Waals surface area contributed by atoms with Gasteiger partial charge in [0.05, 0.1) is 18.1 Å². The van der Waals surface area contributed by atoms with Crippen LogP contribution in [0.15, 0.2) is 24.3 Å². The summed E-state index contributed by atoms with van der Waals surface area (Å²) in [7, 11) is -2.92. The molecule has 0 aliphatic carbocycles. The number of hydrogen-bond donors (Lipinski definition) is 2. The average Bonchev–Trinajstić information content (AvgIpc) is 3.11. The number of benzene rings is 1. The van der Waals surface area contributed by atoms with E-state index in [0.717, 1.165) is 11.3 Å². The molecule has 1 aliphatic rings. The Kier molecular flexibility index (Phi) is 4.51. The summed E-state index contributed by atoms with van der Waals surface area (Å²) in [4.78, 5) is 4.32. The summed E-state index contributed by atoms with van der Waals surface area (Å²) < 4.78 is 28.7. The predicted octanol–water partition coefficient (Wildman–Crippen LogP) is 1.51. The summed E-state index contributed by atoms with van der Waals surface area (Å²) in [5, 5.41) is 9.97. The van der Waals surface area contributed by atoms with Gasteiger partial charge in [0, 0.05) is 5.92 Å². The number of H-pyrrole nitrogens is 1. The molecule has 2 N–H and O–H groups in total. The second-order valence-corrected chi connectivity index (χ2v) is 7.91. The van der Waals surface area contributed by atoms with Gasteiger partial charge in [0.2, 0.25) is 5.95 Å². The maximum absolute atomic E-state index is 11.5. The predicted molar refractivity (Wildman–Crippen MR) is 87.6 cm³/mol. The molecule has 0 amide bonds. The monoisotopic (exact) mass is 336 g/mol. The zero-order valence-corrected chi connectivity index (χ0v) is 13.8. The number of nitrogens with one attached hydrogen (secondary N) is 2. The van der Waals surface area contributed by atoms with Crippen molar-refractivity contribution < 1.29 is 13.2 Å². The number of hydrogen-bond acceptors (Lipinski definition) is 6. The molecule has 1 aliphatic heterocycles. The maximum atomic E-state index is 11.5. The smallest absolute Gasteiger partial charge is 0.242 e. The molecule has 0 bridgehead atoms. The molecular formula is C15H20N4O3S. The summed E-state index contributed by atoms with van der Waals surface area (Å²) >= 11 is 0. The van der Waals surface area contributed by atoms with E-state index in [2.05, 4.69) is 20.5 Å². The number of para-hydroxylation sites is 1. The molecule has 1 unspecified atom stereocenters. The van der Waals surface area contributed by atoms with Crippen LogP contribution in [-0.2, 0) is 9.84 Å². The van der Waals surface area contributed by atoms with Crippen LogP contribution in [0.2, 0.25) is 0 Å². The van der Waals surface area contributed by atoms with Gasteiger partial charge < -0.3 is 10.1 Å². The van der Waals surface area contributed by atoms with Crippen LogP contribution in [0.5, 0.6) is 5.75 Å². The van der Waals surface area contributed by atoms with E-state index in [1.165, 1.54) is 0 Å². The molecule has 1 aromatic carbocycles. The highest BCUT2D eigenvalue weighted by molar-refractivity contribution is 7.91. The normalized spacial score (nSPS) is 19.6. The molecule has 1 saturated heterocycles. The van der Waals surface area contributed by atoms with Crippen molar-refractivity contribution in [2.24, 2.45) is 0 Å². The third kappa shape index (κ3) is 4.01. The first-order valence-corrected chi connectivity index (χ1v) is 9.41. The van der Waals surface area contributed by atoms with Gasteiger partial charge in [-0.1, -0.05) is 18.2 Å². The van der Waals surface area contributed by atoms with Crippen molar-refractivity contribution in [3.63, 3.8) is 0 Å². The Labute approximate surface area is 135 Å². The molecule has 0 saturated carbocycles. The fraction of sp³-hybridized carbons (Fsp3) is 0.467. The van der Waals surface area contributed by atoms with Gasteiger partial charge in [0.1, 0.15) is 18.2 Å². The Bertz CT molecular complexity index is 773. The number of aromatic amines is 1. The molecule has 8 heteroatoms. The number of rotatable bonds is 6. The fourth-order valence-electron chi connectivity index (χ4n) is 2.59.